The number of aryl methyl sites for hydroxylation is 1. The number of rotatable bonds is 5. The van der Waals surface area contributed by atoms with E-state index in [4.69, 9.17) is 0 Å². The van der Waals surface area contributed by atoms with Gasteiger partial charge in [0.25, 0.3) is 0 Å². The molecule has 0 aromatic heterocycles. The summed E-state index contributed by atoms with van der Waals surface area (Å²) in [5.74, 6) is -1.24. The molecule has 0 saturated carbocycles. The number of likely N-dealkylation sites (tertiary alicyclic amines) is 1. The fraction of sp³-hybridized carbons (Fsp3) is 0.300. The molecule has 1 aliphatic heterocycles. The molecule has 1 aliphatic rings. The summed E-state index contributed by atoms with van der Waals surface area (Å²) in [4.78, 5) is 26.3. The Bertz CT molecular complexity index is 777. The molecule has 2 aromatic rings. The highest BCUT2D eigenvalue weighted by Gasteiger charge is 2.34. The van der Waals surface area contributed by atoms with Crippen molar-refractivity contribution in [1.29, 1.82) is 0 Å². The maximum absolute atomic E-state index is 13.8. The van der Waals surface area contributed by atoms with Gasteiger partial charge in [-0.3, -0.25) is 9.59 Å². The van der Waals surface area contributed by atoms with Crippen LogP contribution in [0, 0.1) is 18.7 Å². The van der Waals surface area contributed by atoms with E-state index in [9.17, 15) is 14.0 Å². The van der Waals surface area contributed by atoms with E-state index in [2.05, 4.69) is 5.32 Å². The standard InChI is InChI=1S/C20H21FN2O2/c1-14-7-8-17(21)18(11-14)22-20(25)16-12-19(24)23(13-16)10-9-15-5-3-2-4-6-15/h2-8,11,16H,9-10,12-13H2,1H3,(H,22,25)/t16-/m0/s1. The van der Waals surface area contributed by atoms with Gasteiger partial charge in [0, 0.05) is 19.5 Å². The second kappa shape index (κ2) is 7.47. The van der Waals surface area contributed by atoms with Crippen molar-refractivity contribution in [2.45, 2.75) is 19.8 Å². The molecule has 0 spiro atoms. The number of anilines is 1. The lowest BCUT2D eigenvalue weighted by molar-refractivity contribution is -0.128. The van der Waals surface area contributed by atoms with Crippen molar-refractivity contribution in [2.75, 3.05) is 18.4 Å². The van der Waals surface area contributed by atoms with Crippen LogP contribution in [-0.2, 0) is 16.0 Å². The van der Waals surface area contributed by atoms with E-state index in [-0.39, 0.29) is 23.9 Å². The molecule has 5 heteroatoms. The van der Waals surface area contributed by atoms with Gasteiger partial charge in [-0.15, -0.1) is 0 Å². The first-order chi connectivity index (χ1) is 12.0. The third-order valence-corrected chi connectivity index (χ3v) is 4.48. The minimum absolute atomic E-state index is 0.0270. The van der Waals surface area contributed by atoms with Crippen LogP contribution < -0.4 is 5.32 Å². The number of hydrogen-bond donors (Lipinski definition) is 1. The van der Waals surface area contributed by atoms with Crippen molar-refractivity contribution in [1.82, 2.24) is 4.90 Å². The Hall–Kier alpha value is -2.69. The van der Waals surface area contributed by atoms with Crippen LogP contribution in [0.1, 0.15) is 17.5 Å². The normalized spacial score (nSPS) is 17.0. The zero-order chi connectivity index (χ0) is 17.8. The third-order valence-electron chi connectivity index (χ3n) is 4.48. The molecule has 130 valence electrons. The molecule has 25 heavy (non-hydrogen) atoms. The molecule has 1 fully saturated rings. The van der Waals surface area contributed by atoms with Crippen LogP contribution in [0.3, 0.4) is 0 Å². The number of carbonyl (C=O) groups excluding carboxylic acids is 2. The van der Waals surface area contributed by atoms with Crippen molar-refractivity contribution in [3.8, 4) is 0 Å². The molecular weight excluding hydrogens is 319 g/mol. The Labute approximate surface area is 146 Å². The Morgan fingerprint density at radius 2 is 2.00 bits per heavy atom. The minimum Gasteiger partial charge on any atom is -0.342 e. The van der Waals surface area contributed by atoms with Crippen LogP contribution in [0.5, 0.6) is 0 Å². The molecule has 0 radical (unpaired) electrons. The maximum atomic E-state index is 13.8. The van der Waals surface area contributed by atoms with Crippen molar-refractivity contribution in [3.63, 3.8) is 0 Å². The number of nitrogens with zero attached hydrogens (tertiary/aromatic N) is 1. The number of nitrogens with one attached hydrogen (secondary N) is 1. The second-order valence-electron chi connectivity index (χ2n) is 6.45. The molecule has 0 aliphatic carbocycles. The summed E-state index contributed by atoms with van der Waals surface area (Å²) in [6, 6.07) is 14.5. The smallest absolute Gasteiger partial charge is 0.229 e. The highest BCUT2D eigenvalue weighted by molar-refractivity contribution is 5.97. The number of hydrogen-bond acceptors (Lipinski definition) is 2. The van der Waals surface area contributed by atoms with Crippen LogP contribution in [0.2, 0.25) is 0 Å². The summed E-state index contributed by atoms with van der Waals surface area (Å²) in [5, 5.41) is 2.62. The molecule has 1 atom stereocenters. The Balaban J connectivity index is 1.58. The summed E-state index contributed by atoms with van der Waals surface area (Å²) in [5.41, 5.74) is 2.19. The molecule has 0 unspecified atom stereocenters. The largest absolute Gasteiger partial charge is 0.342 e. The predicted molar refractivity (Wildman–Crippen MR) is 94.6 cm³/mol. The first kappa shape index (κ1) is 17.1. The molecule has 1 heterocycles. The van der Waals surface area contributed by atoms with Gasteiger partial charge in [-0.25, -0.2) is 4.39 Å². The average molecular weight is 340 g/mol. The van der Waals surface area contributed by atoms with E-state index < -0.39 is 11.7 Å². The van der Waals surface area contributed by atoms with E-state index in [0.717, 1.165) is 17.5 Å². The molecule has 1 N–H and O–H groups in total. The van der Waals surface area contributed by atoms with E-state index in [1.54, 1.807) is 17.0 Å². The molecule has 4 nitrogen and oxygen atoms in total. The molecular formula is C20H21FN2O2. The monoisotopic (exact) mass is 340 g/mol. The maximum Gasteiger partial charge on any atom is 0.229 e. The quantitative estimate of drug-likeness (QED) is 0.909. The SMILES string of the molecule is Cc1ccc(F)c(NC(=O)[C@H]2CC(=O)N(CCc3ccccc3)C2)c1. The first-order valence-corrected chi connectivity index (χ1v) is 8.41. The topological polar surface area (TPSA) is 49.4 Å². The molecule has 3 rings (SSSR count). The Kier molecular flexibility index (Phi) is 5.12. The van der Waals surface area contributed by atoms with Gasteiger partial charge in [-0.05, 0) is 36.6 Å². The highest BCUT2D eigenvalue weighted by Crippen LogP contribution is 2.22. The van der Waals surface area contributed by atoms with Gasteiger partial charge in [0.15, 0.2) is 0 Å². The Morgan fingerprint density at radius 3 is 2.76 bits per heavy atom. The van der Waals surface area contributed by atoms with Gasteiger partial charge in [0.1, 0.15) is 5.82 Å². The lowest BCUT2D eigenvalue weighted by atomic mass is 10.1. The summed E-state index contributed by atoms with van der Waals surface area (Å²) >= 11 is 0. The number of halogens is 1. The summed E-state index contributed by atoms with van der Waals surface area (Å²) in [6.45, 7) is 2.80. The second-order valence-corrected chi connectivity index (χ2v) is 6.45. The van der Waals surface area contributed by atoms with Crippen LogP contribution >= 0.6 is 0 Å². The number of benzene rings is 2. The lowest BCUT2D eigenvalue weighted by Gasteiger charge is -2.16. The van der Waals surface area contributed by atoms with Crippen LogP contribution in [-0.4, -0.2) is 29.8 Å². The van der Waals surface area contributed by atoms with Gasteiger partial charge < -0.3 is 10.2 Å². The van der Waals surface area contributed by atoms with E-state index in [0.29, 0.717) is 13.1 Å². The van der Waals surface area contributed by atoms with Crippen LogP contribution in [0.15, 0.2) is 48.5 Å². The van der Waals surface area contributed by atoms with E-state index >= 15 is 0 Å². The first-order valence-electron chi connectivity index (χ1n) is 8.41. The van der Waals surface area contributed by atoms with Crippen molar-refractivity contribution >= 4 is 17.5 Å². The highest BCUT2D eigenvalue weighted by atomic mass is 19.1. The van der Waals surface area contributed by atoms with Gasteiger partial charge in [0.2, 0.25) is 11.8 Å². The molecule has 0 bridgehead atoms. The molecule has 2 aromatic carbocycles. The predicted octanol–water partition coefficient (Wildman–Crippen LogP) is 3.16. The minimum atomic E-state index is -0.468. The van der Waals surface area contributed by atoms with Crippen LogP contribution in [0.25, 0.3) is 0 Å². The summed E-state index contributed by atoms with van der Waals surface area (Å²) in [6.07, 6.45) is 0.932. The van der Waals surface area contributed by atoms with Gasteiger partial charge in [0.05, 0.1) is 11.6 Å². The zero-order valence-electron chi connectivity index (χ0n) is 14.2. The van der Waals surface area contributed by atoms with Crippen molar-refractivity contribution in [3.05, 3.63) is 65.5 Å². The van der Waals surface area contributed by atoms with Crippen molar-refractivity contribution < 1.29 is 14.0 Å². The van der Waals surface area contributed by atoms with E-state index in [1.807, 2.05) is 37.3 Å². The number of amides is 2. The lowest BCUT2D eigenvalue weighted by Crippen LogP contribution is -2.30. The fourth-order valence-corrected chi connectivity index (χ4v) is 3.04. The van der Waals surface area contributed by atoms with Gasteiger partial charge >= 0.3 is 0 Å². The molecule has 2 amide bonds. The summed E-state index contributed by atoms with van der Waals surface area (Å²) < 4.78 is 13.8. The van der Waals surface area contributed by atoms with Crippen LogP contribution in [0.4, 0.5) is 10.1 Å². The van der Waals surface area contributed by atoms with Crippen molar-refractivity contribution in [2.24, 2.45) is 5.92 Å². The average Bonchev–Trinajstić information content (AvgIpc) is 2.98. The number of carbonyl (C=O) groups is 2. The fourth-order valence-electron chi connectivity index (χ4n) is 3.04. The van der Waals surface area contributed by atoms with Gasteiger partial charge in [-0.2, -0.15) is 0 Å². The van der Waals surface area contributed by atoms with E-state index in [1.165, 1.54) is 6.07 Å². The Morgan fingerprint density at radius 1 is 1.24 bits per heavy atom. The van der Waals surface area contributed by atoms with Gasteiger partial charge in [-0.1, -0.05) is 36.4 Å². The third kappa shape index (κ3) is 4.24. The summed E-state index contributed by atoms with van der Waals surface area (Å²) in [7, 11) is 0. The molecule has 1 saturated heterocycles. The zero-order valence-corrected chi connectivity index (χ0v) is 14.2.